The Kier molecular flexibility index (Phi) is 9.05. The molecule has 0 spiro atoms. The summed E-state index contributed by atoms with van der Waals surface area (Å²) in [6.07, 6.45) is -7.86. The smallest absolute Gasteiger partial charge is 0.504 e. The first-order valence-electron chi connectivity index (χ1n) is 6.60. The summed E-state index contributed by atoms with van der Waals surface area (Å²) in [5.74, 6) is -1.80. The summed E-state index contributed by atoms with van der Waals surface area (Å²) in [6.45, 7) is 1.59. The number of hydrogen-bond donors (Lipinski definition) is 2. The van der Waals surface area contributed by atoms with Crippen molar-refractivity contribution < 1.29 is 31.8 Å². The maximum atomic E-state index is 13.4. The summed E-state index contributed by atoms with van der Waals surface area (Å²) in [5.41, 5.74) is -0.279. The van der Waals surface area contributed by atoms with E-state index in [4.69, 9.17) is 0 Å². The largest absolute Gasteiger partial charge is 0.573 e. The molecule has 1 aliphatic heterocycles. The van der Waals surface area contributed by atoms with E-state index in [-0.39, 0.29) is 30.4 Å². The first kappa shape index (κ1) is 23.0. The number of rotatable bonds is 4. The third kappa shape index (κ3) is 5.80. The molecule has 140 valence electrons. The highest BCUT2D eigenvalue weighted by Crippen LogP contribution is 2.40. The van der Waals surface area contributed by atoms with E-state index in [1.165, 1.54) is 11.0 Å². The van der Waals surface area contributed by atoms with E-state index in [0.717, 1.165) is 12.1 Å². The molecule has 2 N–H and O–H groups in total. The van der Waals surface area contributed by atoms with Gasteiger partial charge in [-0.25, -0.2) is 8.78 Å². The normalized spacial score (nSPS) is 16.9. The average molecular weight is 399 g/mol. The van der Waals surface area contributed by atoms with Crippen LogP contribution in [-0.4, -0.2) is 49.0 Å². The van der Waals surface area contributed by atoms with Gasteiger partial charge in [0, 0.05) is 31.7 Å². The maximum absolute atomic E-state index is 13.4. The second kappa shape index (κ2) is 9.45. The number of phenolic OH excluding ortho intramolecular Hbond substituents is 1. The van der Waals surface area contributed by atoms with Crippen molar-refractivity contribution >= 4 is 24.8 Å². The molecule has 0 bridgehead atoms. The predicted molar refractivity (Wildman–Crippen MR) is 82.5 cm³/mol. The van der Waals surface area contributed by atoms with Crippen molar-refractivity contribution in [3.63, 3.8) is 0 Å². The standard InChI is InChI=1S/C13H15F5N2O2.2ClH/c14-12(15)10(20-6-4-19-5-7-20)8-2-1-3-9(11(8)21)22-13(16,17)18;;/h1-3,10,12,19,21H,4-7H2;2*1H/t10-;;/m0../s1. The van der Waals surface area contributed by atoms with Gasteiger partial charge in [-0.05, 0) is 6.07 Å². The van der Waals surface area contributed by atoms with Gasteiger partial charge in [0.2, 0.25) is 0 Å². The van der Waals surface area contributed by atoms with Crippen molar-refractivity contribution in [2.24, 2.45) is 0 Å². The molecule has 1 aliphatic rings. The van der Waals surface area contributed by atoms with Crippen molar-refractivity contribution in [2.75, 3.05) is 26.2 Å². The fourth-order valence-corrected chi connectivity index (χ4v) is 2.44. The second-order valence-corrected chi connectivity index (χ2v) is 4.81. The van der Waals surface area contributed by atoms with E-state index < -0.39 is 30.3 Å². The summed E-state index contributed by atoms with van der Waals surface area (Å²) >= 11 is 0. The highest BCUT2D eigenvalue weighted by Gasteiger charge is 2.36. The van der Waals surface area contributed by atoms with E-state index in [1.54, 1.807) is 0 Å². The van der Waals surface area contributed by atoms with Crippen molar-refractivity contribution in [1.29, 1.82) is 0 Å². The van der Waals surface area contributed by atoms with Crippen LogP contribution in [0.25, 0.3) is 0 Å². The lowest BCUT2D eigenvalue weighted by Gasteiger charge is -2.35. The van der Waals surface area contributed by atoms with Gasteiger partial charge >= 0.3 is 6.36 Å². The topological polar surface area (TPSA) is 44.7 Å². The SMILES string of the molecule is Cl.Cl.Oc1c(OC(F)(F)F)cccc1[C@@H](C(F)F)N1CCNCC1. The van der Waals surface area contributed by atoms with Crippen LogP contribution >= 0.6 is 24.8 Å². The fourth-order valence-electron chi connectivity index (χ4n) is 2.44. The van der Waals surface area contributed by atoms with Gasteiger partial charge in [0.25, 0.3) is 6.43 Å². The lowest BCUT2D eigenvalue weighted by atomic mass is 10.0. The Morgan fingerprint density at radius 2 is 1.71 bits per heavy atom. The fraction of sp³-hybridized carbons (Fsp3) is 0.538. The van der Waals surface area contributed by atoms with Gasteiger partial charge in [-0.3, -0.25) is 4.90 Å². The Hall–Kier alpha value is -1.03. The van der Waals surface area contributed by atoms with Crippen LogP contribution in [0, 0.1) is 0 Å². The van der Waals surface area contributed by atoms with Gasteiger partial charge in [-0.1, -0.05) is 12.1 Å². The minimum atomic E-state index is -5.01. The van der Waals surface area contributed by atoms with E-state index >= 15 is 0 Å². The molecule has 4 nitrogen and oxygen atoms in total. The number of alkyl halides is 5. The number of piperazine rings is 1. The van der Waals surface area contributed by atoms with Crippen LogP contribution < -0.4 is 10.1 Å². The molecule has 1 fully saturated rings. The number of para-hydroxylation sites is 1. The quantitative estimate of drug-likeness (QED) is 0.763. The second-order valence-electron chi connectivity index (χ2n) is 4.81. The summed E-state index contributed by atoms with van der Waals surface area (Å²) in [4.78, 5) is 1.42. The Balaban J connectivity index is 0.00000264. The lowest BCUT2D eigenvalue weighted by molar-refractivity contribution is -0.275. The van der Waals surface area contributed by atoms with E-state index in [9.17, 15) is 27.1 Å². The van der Waals surface area contributed by atoms with Crippen molar-refractivity contribution in [3.05, 3.63) is 23.8 Å². The third-order valence-corrected chi connectivity index (χ3v) is 3.36. The molecule has 0 aromatic heterocycles. The van der Waals surface area contributed by atoms with Crippen LogP contribution in [0.3, 0.4) is 0 Å². The molecule has 1 heterocycles. The van der Waals surface area contributed by atoms with E-state index in [0.29, 0.717) is 26.2 Å². The number of aromatic hydroxyl groups is 1. The average Bonchev–Trinajstić information content (AvgIpc) is 2.42. The monoisotopic (exact) mass is 398 g/mol. The molecule has 1 aromatic rings. The van der Waals surface area contributed by atoms with Gasteiger partial charge in [-0.15, -0.1) is 38.0 Å². The van der Waals surface area contributed by atoms with Crippen molar-refractivity contribution in [2.45, 2.75) is 18.8 Å². The molecule has 0 aliphatic carbocycles. The molecule has 1 atom stereocenters. The number of halogens is 7. The molecule has 0 saturated carbocycles. The highest BCUT2D eigenvalue weighted by atomic mass is 35.5. The van der Waals surface area contributed by atoms with Gasteiger partial charge in [-0.2, -0.15) is 0 Å². The van der Waals surface area contributed by atoms with Gasteiger partial charge in [0.15, 0.2) is 11.5 Å². The van der Waals surface area contributed by atoms with E-state index in [1.807, 2.05) is 0 Å². The zero-order valence-corrected chi connectivity index (χ0v) is 13.9. The molecule has 24 heavy (non-hydrogen) atoms. The molecule has 1 aromatic carbocycles. The first-order valence-corrected chi connectivity index (χ1v) is 6.60. The van der Waals surface area contributed by atoms with Crippen LogP contribution in [-0.2, 0) is 0 Å². The van der Waals surface area contributed by atoms with Crippen LogP contribution in [0.4, 0.5) is 22.0 Å². The summed E-state index contributed by atoms with van der Waals surface area (Å²) in [5, 5.41) is 12.9. The molecule has 1 saturated heterocycles. The maximum Gasteiger partial charge on any atom is 0.573 e. The van der Waals surface area contributed by atoms with Crippen LogP contribution in [0.15, 0.2) is 18.2 Å². The number of ether oxygens (including phenoxy) is 1. The Morgan fingerprint density at radius 3 is 2.21 bits per heavy atom. The molecule has 0 unspecified atom stereocenters. The minimum absolute atomic E-state index is 0. The van der Waals surface area contributed by atoms with E-state index in [2.05, 4.69) is 10.1 Å². The zero-order valence-electron chi connectivity index (χ0n) is 12.2. The summed E-state index contributed by atoms with van der Waals surface area (Å²) < 4.78 is 67.2. The van der Waals surface area contributed by atoms with Gasteiger partial charge in [0.1, 0.15) is 6.04 Å². The Bertz CT molecular complexity index is 514. The predicted octanol–water partition coefficient (Wildman–Crippen LogP) is 3.35. The highest BCUT2D eigenvalue weighted by molar-refractivity contribution is 5.85. The zero-order chi connectivity index (χ0) is 16.3. The van der Waals surface area contributed by atoms with Gasteiger partial charge < -0.3 is 15.2 Å². The summed E-state index contributed by atoms with van der Waals surface area (Å²) in [6, 6.07) is 1.72. The van der Waals surface area contributed by atoms with Crippen LogP contribution in [0.2, 0.25) is 0 Å². The van der Waals surface area contributed by atoms with Crippen LogP contribution in [0.1, 0.15) is 11.6 Å². The minimum Gasteiger partial charge on any atom is -0.504 e. The molecular formula is C13H17Cl2F5N2O2. The molecular weight excluding hydrogens is 382 g/mol. The summed E-state index contributed by atoms with van der Waals surface area (Å²) in [7, 11) is 0. The number of nitrogens with one attached hydrogen (secondary N) is 1. The molecule has 0 radical (unpaired) electrons. The number of hydrogen-bond acceptors (Lipinski definition) is 4. The molecule has 0 amide bonds. The lowest BCUT2D eigenvalue weighted by Crippen LogP contribution is -2.46. The number of benzene rings is 1. The Morgan fingerprint density at radius 1 is 1.12 bits per heavy atom. The molecule has 11 heteroatoms. The van der Waals surface area contributed by atoms with Crippen LogP contribution in [0.5, 0.6) is 11.5 Å². The number of nitrogens with zero attached hydrogens (tertiary/aromatic N) is 1. The number of phenols is 1. The third-order valence-electron chi connectivity index (χ3n) is 3.36. The first-order chi connectivity index (χ1) is 10.3. The molecule has 2 rings (SSSR count). The van der Waals surface area contributed by atoms with Crippen molar-refractivity contribution in [3.8, 4) is 11.5 Å². The van der Waals surface area contributed by atoms with Gasteiger partial charge in [0.05, 0.1) is 0 Å². The van der Waals surface area contributed by atoms with Crippen molar-refractivity contribution in [1.82, 2.24) is 10.2 Å². The Labute approximate surface area is 147 Å².